The van der Waals surface area contributed by atoms with Crippen molar-refractivity contribution in [3.63, 3.8) is 0 Å². The lowest BCUT2D eigenvalue weighted by atomic mass is 10.0. The van der Waals surface area contributed by atoms with Gasteiger partial charge in [0.2, 0.25) is 5.88 Å². The molecule has 0 bridgehead atoms. The molecule has 4 rings (SSSR count). The molecule has 3 N–H and O–H groups in total. The second-order valence-electron chi connectivity index (χ2n) is 9.41. The van der Waals surface area contributed by atoms with E-state index < -0.39 is 34.5 Å². The highest BCUT2D eigenvalue weighted by Crippen LogP contribution is 2.39. The third-order valence-corrected chi connectivity index (χ3v) is 8.50. The number of methoxy groups -OCH3 is 1. The molecule has 7 nitrogen and oxygen atoms in total. The molecule has 1 aliphatic rings. The van der Waals surface area contributed by atoms with Gasteiger partial charge in [0.25, 0.3) is 0 Å². The highest BCUT2D eigenvalue weighted by molar-refractivity contribution is 7.91. The number of hydrogen-bond donors (Lipinski definition) is 3. The number of aromatic nitrogens is 1. The number of alkyl halides is 4. The van der Waals surface area contributed by atoms with Crippen LogP contribution in [0.25, 0.3) is 10.1 Å². The molecule has 1 unspecified atom stereocenters. The second-order valence-corrected chi connectivity index (χ2v) is 12.5. The zero-order chi connectivity index (χ0) is 28.4. The van der Waals surface area contributed by atoms with Crippen molar-refractivity contribution >= 4 is 42.5 Å². The van der Waals surface area contributed by atoms with Crippen LogP contribution in [-0.4, -0.2) is 72.5 Å². The smallest absolute Gasteiger partial charge is 0.393 e. The Labute approximate surface area is 228 Å². The summed E-state index contributed by atoms with van der Waals surface area (Å²) in [7, 11) is 0.208. The first-order chi connectivity index (χ1) is 18.4. The zero-order valence-corrected chi connectivity index (χ0v) is 23.2. The number of nitrogens with zero attached hydrogens (tertiary/aromatic N) is 2. The van der Waals surface area contributed by atoms with Gasteiger partial charge in [0.05, 0.1) is 56.8 Å². The van der Waals surface area contributed by atoms with Crippen LogP contribution in [0.15, 0.2) is 35.4 Å². The van der Waals surface area contributed by atoms with Crippen LogP contribution in [0.1, 0.15) is 16.9 Å². The molecule has 3 atom stereocenters. The van der Waals surface area contributed by atoms with E-state index in [0.717, 1.165) is 17.9 Å². The molecular weight excluding hydrogens is 554 g/mol. The number of rotatable bonds is 7. The van der Waals surface area contributed by atoms with Crippen molar-refractivity contribution in [1.82, 2.24) is 9.88 Å². The summed E-state index contributed by atoms with van der Waals surface area (Å²) in [4.78, 5) is 6.30. The van der Waals surface area contributed by atoms with Gasteiger partial charge in [0.15, 0.2) is 0 Å². The van der Waals surface area contributed by atoms with E-state index in [-0.39, 0.29) is 23.0 Å². The number of ether oxygens (including phenoxy) is 1. The highest BCUT2D eigenvalue weighted by atomic mass is 32.2. The Kier molecular flexibility index (Phi) is 8.58. The summed E-state index contributed by atoms with van der Waals surface area (Å²) in [5.74, 6) is 5.87. The first-order valence-electron chi connectivity index (χ1n) is 12.1. The van der Waals surface area contributed by atoms with Gasteiger partial charge in [0.1, 0.15) is 11.2 Å². The number of benzene rings is 1. The minimum Gasteiger partial charge on any atom is -0.479 e. The normalized spacial score (nSPS) is 19.7. The summed E-state index contributed by atoms with van der Waals surface area (Å²) in [6.07, 6.45) is -4.81. The lowest BCUT2D eigenvalue weighted by Crippen LogP contribution is -2.46. The van der Waals surface area contributed by atoms with Gasteiger partial charge in [-0.05, 0) is 42.6 Å². The number of piperidine rings is 1. The molecule has 2 aromatic heterocycles. The molecule has 1 aromatic carbocycles. The summed E-state index contributed by atoms with van der Waals surface area (Å²) >= 11 is 1.15. The molecule has 0 spiro atoms. The maximum absolute atomic E-state index is 14.7. The van der Waals surface area contributed by atoms with Gasteiger partial charge in [0, 0.05) is 19.3 Å². The number of thiophene rings is 1. The fourth-order valence-electron chi connectivity index (χ4n) is 4.37. The number of nitrogens with one attached hydrogen (secondary N) is 3. The van der Waals surface area contributed by atoms with Crippen molar-refractivity contribution in [3.8, 4) is 17.7 Å². The van der Waals surface area contributed by atoms with E-state index in [1.807, 2.05) is 11.9 Å². The lowest BCUT2D eigenvalue weighted by Gasteiger charge is -2.33. The quantitative estimate of drug-likeness (QED) is 0.256. The van der Waals surface area contributed by atoms with Crippen LogP contribution >= 0.6 is 11.3 Å². The van der Waals surface area contributed by atoms with Crippen molar-refractivity contribution < 1.29 is 26.5 Å². The van der Waals surface area contributed by atoms with Gasteiger partial charge >= 0.3 is 6.18 Å². The average Bonchev–Trinajstić information content (AvgIpc) is 3.19. The largest absolute Gasteiger partial charge is 0.479 e. The SMILES string of the molecule is COc1nc(S(C)(=N)=O)ccc1NCC#Cc1sc2c(N[C@H]3CCN(C)C[C@H]3F)cccc2c1CC(F)(F)F. The molecule has 3 heterocycles. The molecule has 1 saturated heterocycles. The Morgan fingerprint density at radius 1 is 1.28 bits per heavy atom. The Hall–Kier alpha value is -3.08. The van der Waals surface area contributed by atoms with E-state index in [4.69, 9.17) is 9.52 Å². The zero-order valence-electron chi connectivity index (χ0n) is 21.6. The number of halogens is 4. The molecule has 39 heavy (non-hydrogen) atoms. The van der Waals surface area contributed by atoms with Crippen molar-refractivity contribution in [2.45, 2.75) is 36.3 Å². The molecule has 1 aliphatic heterocycles. The maximum Gasteiger partial charge on any atom is 0.393 e. The average molecular weight is 584 g/mol. The van der Waals surface area contributed by atoms with Crippen molar-refractivity contribution in [3.05, 3.63) is 40.8 Å². The van der Waals surface area contributed by atoms with E-state index in [9.17, 15) is 21.8 Å². The van der Waals surface area contributed by atoms with E-state index >= 15 is 0 Å². The van der Waals surface area contributed by atoms with Gasteiger partial charge in [-0.3, -0.25) is 0 Å². The molecule has 0 aliphatic carbocycles. The van der Waals surface area contributed by atoms with Gasteiger partial charge in [-0.1, -0.05) is 24.0 Å². The van der Waals surface area contributed by atoms with E-state index in [1.165, 1.54) is 19.4 Å². The van der Waals surface area contributed by atoms with Crippen LogP contribution in [0, 0.1) is 16.6 Å². The third kappa shape index (κ3) is 7.12. The lowest BCUT2D eigenvalue weighted by molar-refractivity contribution is -0.126. The fourth-order valence-corrected chi connectivity index (χ4v) is 6.13. The van der Waals surface area contributed by atoms with Crippen LogP contribution in [-0.2, 0) is 16.1 Å². The Bertz CT molecular complexity index is 1510. The highest BCUT2D eigenvalue weighted by Gasteiger charge is 2.32. The van der Waals surface area contributed by atoms with Crippen LogP contribution in [0.4, 0.5) is 28.9 Å². The Morgan fingerprint density at radius 3 is 2.72 bits per heavy atom. The Balaban J connectivity index is 1.61. The van der Waals surface area contributed by atoms with Crippen molar-refractivity contribution in [1.29, 1.82) is 4.78 Å². The molecule has 0 saturated carbocycles. The van der Waals surface area contributed by atoms with Crippen LogP contribution in [0.2, 0.25) is 0 Å². The molecule has 3 aromatic rings. The van der Waals surface area contributed by atoms with E-state index in [2.05, 4.69) is 27.5 Å². The topological polar surface area (TPSA) is 90.3 Å². The summed E-state index contributed by atoms with van der Waals surface area (Å²) in [6.45, 7) is 1.10. The van der Waals surface area contributed by atoms with E-state index in [0.29, 0.717) is 39.3 Å². The predicted octanol–water partition coefficient (Wildman–Crippen LogP) is 5.36. The van der Waals surface area contributed by atoms with Crippen molar-refractivity contribution in [2.24, 2.45) is 0 Å². The molecular formula is C26H29F4N5O2S2. The third-order valence-electron chi connectivity index (χ3n) is 6.28. The molecule has 1 fully saturated rings. The van der Waals surface area contributed by atoms with Crippen LogP contribution in [0.5, 0.6) is 5.88 Å². The number of anilines is 2. The monoisotopic (exact) mass is 583 g/mol. The number of pyridine rings is 1. The summed E-state index contributed by atoms with van der Waals surface area (Å²) in [6, 6.07) is 7.65. The number of likely N-dealkylation sites (tertiary alicyclic amines) is 1. The number of hydrogen-bond acceptors (Lipinski definition) is 8. The van der Waals surface area contributed by atoms with Gasteiger partial charge < -0.3 is 20.3 Å². The van der Waals surface area contributed by atoms with Gasteiger partial charge in [-0.2, -0.15) is 13.2 Å². The molecule has 210 valence electrons. The Morgan fingerprint density at radius 2 is 2.05 bits per heavy atom. The van der Waals surface area contributed by atoms with Crippen LogP contribution < -0.4 is 15.4 Å². The van der Waals surface area contributed by atoms with E-state index in [1.54, 1.807) is 24.3 Å². The summed E-state index contributed by atoms with van der Waals surface area (Å²) in [5.41, 5.74) is 1.13. The summed E-state index contributed by atoms with van der Waals surface area (Å²) < 4.78 is 80.7. The molecule has 13 heteroatoms. The van der Waals surface area contributed by atoms with Crippen LogP contribution in [0.3, 0.4) is 0 Å². The van der Waals surface area contributed by atoms with Gasteiger partial charge in [-0.15, -0.1) is 11.3 Å². The minimum absolute atomic E-state index is 0.0711. The second kappa shape index (κ2) is 11.6. The molecule has 0 radical (unpaired) electrons. The minimum atomic E-state index is -4.43. The summed E-state index contributed by atoms with van der Waals surface area (Å²) in [5, 5.41) is 6.74. The standard InChI is InChI=1S/C26H29F4N5O2S2/c1-35-13-11-19(18(27)15-35)33-20-7-4-6-16-17(14-26(28,29)30)22(38-24(16)20)8-5-12-32-21-9-10-23(39(3,31)36)34-25(21)37-2/h4,6-7,9-10,18-19,31-33H,11-15H2,1-3H3/t18-,19+,39?/m1/s1. The number of fused-ring (bicyclic) bond motifs is 1. The maximum atomic E-state index is 14.7. The van der Waals surface area contributed by atoms with Crippen molar-refractivity contribution in [2.75, 3.05) is 50.7 Å². The first-order valence-corrected chi connectivity index (χ1v) is 14.9. The first kappa shape index (κ1) is 28.9. The van der Waals surface area contributed by atoms with Gasteiger partial charge in [-0.25, -0.2) is 18.4 Å². The molecule has 0 amide bonds. The predicted molar refractivity (Wildman–Crippen MR) is 147 cm³/mol. The fraction of sp³-hybridized carbons (Fsp3) is 0.423.